The lowest BCUT2D eigenvalue weighted by atomic mass is 10.1. The SMILES string of the molecule is CCCCCCOc1ccc(N=Nc2ccc(OCCCCCCCCCCS)cc2)cc1. The summed E-state index contributed by atoms with van der Waals surface area (Å²) in [5.41, 5.74) is 1.63. The van der Waals surface area contributed by atoms with Crippen molar-refractivity contribution in [3.05, 3.63) is 48.5 Å². The van der Waals surface area contributed by atoms with Gasteiger partial charge in [-0.2, -0.15) is 22.9 Å². The highest BCUT2D eigenvalue weighted by Crippen LogP contribution is 2.23. The van der Waals surface area contributed by atoms with Gasteiger partial charge in [0.2, 0.25) is 0 Å². The minimum absolute atomic E-state index is 0.770. The quantitative estimate of drug-likeness (QED) is 0.126. The number of nitrogens with zero attached hydrogens (tertiary/aromatic N) is 2. The molecule has 0 spiro atoms. The molecular formula is C28H42N2O2S. The standard InChI is InChI=1S/C28H42N2O2S/c1-2-3-4-11-22-31-27-18-14-25(15-19-27)29-30-26-16-20-28(21-17-26)32-23-12-9-7-5-6-8-10-13-24-33/h14-21,33H,2-13,22-24H2,1H3. The maximum absolute atomic E-state index is 5.86. The van der Waals surface area contributed by atoms with Crippen molar-refractivity contribution in [3.8, 4) is 11.5 Å². The first-order valence-corrected chi connectivity index (χ1v) is 13.4. The van der Waals surface area contributed by atoms with E-state index in [1.165, 1.54) is 64.2 Å². The third-order valence-electron chi connectivity index (χ3n) is 5.54. The van der Waals surface area contributed by atoms with Gasteiger partial charge < -0.3 is 9.47 Å². The topological polar surface area (TPSA) is 43.2 Å². The molecule has 0 N–H and O–H groups in total. The van der Waals surface area contributed by atoms with E-state index < -0.39 is 0 Å². The van der Waals surface area contributed by atoms with Crippen LogP contribution in [0.25, 0.3) is 0 Å². The Morgan fingerprint density at radius 2 is 0.939 bits per heavy atom. The number of ether oxygens (including phenoxy) is 2. The molecule has 182 valence electrons. The summed E-state index contributed by atoms with van der Waals surface area (Å²) in [5.74, 6) is 2.79. The van der Waals surface area contributed by atoms with Gasteiger partial charge in [0.25, 0.3) is 0 Å². The highest BCUT2D eigenvalue weighted by atomic mass is 32.1. The minimum Gasteiger partial charge on any atom is -0.494 e. The molecule has 0 aliphatic heterocycles. The molecule has 0 amide bonds. The van der Waals surface area contributed by atoms with Gasteiger partial charge in [-0.3, -0.25) is 0 Å². The molecule has 0 radical (unpaired) electrons. The summed E-state index contributed by atoms with van der Waals surface area (Å²) < 4.78 is 11.6. The van der Waals surface area contributed by atoms with Crippen LogP contribution in [0.3, 0.4) is 0 Å². The third kappa shape index (κ3) is 13.3. The zero-order valence-electron chi connectivity index (χ0n) is 20.4. The Kier molecular flexibility index (Phi) is 15.2. The molecule has 0 bridgehead atoms. The number of benzene rings is 2. The summed E-state index contributed by atoms with van der Waals surface area (Å²) in [4.78, 5) is 0. The minimum atomic E-state index is 0.770. The molecule has 0 unspecified atom stereocenters. The van der Waals surface area contributed by atoms with Crippen LogP contribution in [0.15, 0.2) is 58.8 Å². The van der Waals surface area contributed by atoms with Crippen molar-refractivity contribution in [2.75, 3.05) is 19.0 Å². The van der Waals surface area contributed by atoms with Crippen LogP contribution in [0, 0.1) is 0 Å². The number of unbranched alkanes of at least 4 members (excludes halogenated alkanes) is 10. The summed E-state index contributed by atoms with van der Waals surface area (Å²) in [6, 6.07) is 15.6. The molecular weight excluding hydrogens is 428 g/mol. The fraction of sp³-hybridized carbons (Fsp3) is 0.571. The van der Waals surface area contributed by atoms with Crippen molar-refractivity contribution >= 4 is 24.0 Å². The van der Waals surface area contributed by atoms with Gasteiger partial charge >= 0.3 is 0 Å². The van der Waals surface area contributed by atoms with Gasteiger partial charge in [-0.25, -0.2) is 0 Å². The molecule has 0 fully saturated rings. The summed E-state index contributed by atoms with van der Waals surface area (Å²) in [7, 11) is 0. The maximum Gasteiger partial charge on any atom is 0.119 e. The van der Waals surface area contributed by atoms with Crippen molar-refractivity contribution in [2.45, 2.75) is 84.0 Å². The molecule has 0 aliphatic carbocycles. The van der Waals surface area contributed by atoms with Gasteiger partial charge in [-0.15, -0.1) is 0 Å². The predicted octanol–water partition coefficient (Wildman–Crippen LogP) is 9.49. The second kappa shape index (κ2) is 18.4. The number of hydrogen-bond acceptors (Lipinski definition) is 5. The van der Waals surface area contributed by atoms with Crippen LogP contribution in [-0.4, -0.2) is 19.0 Å². The molecule has 2 aromatic carbocycles. The van der Waals surface area contributed by atoms with Gasteiger partial charge in [0.15, 0.2) is 0 Å². The van der Waals surface area contributed by atoms with Crippen LogP contribution in [0.4, 0.5) is 11.4 Å². The Morgan fingerprint density at radius 3 is 1.36 bits per heavy atom. The fourth-order valence-electron chi connectivity index (χ4n) is 3.52. The fourth-order valence-corrected chi connectivity index (χ4v) is 3.74. The first kappa shape index (κ1) is 27.2. The summed E-state index contributed by atoms with van der Waals surface area (Å²) in [6.45, 7) is 3.76. The van der Waals surface area contributed by atoms with E-state index in [1.54, 1.807) is 0 Å². The van der Waals surface area contributed by atoms with E-state index in [0.29, 0.717) is 0 Å². The normalized spacial score (nSPS) is 11.2. The van der Waals surface area contributed by atoms with Gasteiger partial charge in [-0.05, 0) is 73.5 Å². The van der Waals surface area contributed by atoms with Gasteiger partial charge in [0.05, 0.1) is 24.6 Å². The van der Waals surface area contributed by atoms with E-state index >= 15 is 0 Å². The van der Waals surface area contributed by atoms with Gasteiger partial charge in [-0.1, -0.05) is 64.7 Å². The van der Waals surface area contributed by atoms with E-state index in [0.717, 1.165) is 54.7 Å². The number of azo groups is 1. The molecule has 0 aromatic heterocycles. The average molecular weight is 471 g/mol. The van der Waals surface area contributed by atoms with Crippen LogP contribution in [0.2, 0.25) is 0 Å². The second-order valence-corrected chi connectivity index (χ2v) is 8.94. The third-order valence-corrected chi connectivity index (χ3v) is 5.86. The first-order chi connectivity index (χ1) is 16.3. The molecule has 0 atom stereocenters. The average Bonchev–Trinajstić information content (AvgIpc) is 2.85. The van der Waals surface area contributed by atoms with Gasteiger partial charge in [0, 0.05) is 0 Å². The Labute approximate surface area is 206 Å². The van der Waals surface area contributed by atoms with Crippen LogP contribution >= 0.6 is 12.6 Å². The van der Waals surface area contributed by atoms with E-state index in [2.05, 4.69) is 29.8 Å². The van der Waals surface area contributed by atoms with E-state index in [4.69, 9.17) is 9.47 Å². The molecule has 5 heteroatoms. The van der Waals surface area contributed by atoms with Crippen molar-refractivity contribution in [2.24, 2.45) is 10.2 Å². The Morgan fingerprint density at radius 1 is 0.545 bits per heavy atom. The molecule has 33 heavy (non-hydrogen) atoms. The monoisotopic (exact) mass is 470 g/mol. The Hall–Kier alpha value is -2.01. The highest BCUT2D eigenvalue weighted by molar-refractivity contribution is 7.80. The smallest absolute Gasteiger partial charge is 0.119 e. The Bertz CT molecular complexity index is 747. The van der Waals surface area contributed by atoms with Crippen LogP contribution in [0.5, 0.6) is 11.5 Å². The Balaban J connectivity index is 1.59. The molecule has 0 aliphatic rings. The number of hydrogen-bond donors (Lipinski definition) is 1. The van der Waals surface area contributed by atoms with Crippen molar-refractivity contribution < 1.29 is 9.47 Å². The lowest BCUT2D eigenvalue weighted by Gasteiger charge is -2.06. The van der Waals surface area contributed by atoms with Crippen LogP contribution < -0.4 is 9.47 Å². The molecule has 0 heterocycles. The summed E-state index contributed by atoms with van der Waals surface area (Å²) in [6.07, 6.45) is 15.1. The molecule has 4 nitrogen and oxygen atoms in total. The molecule has 2 rings (SSSR count). The van der Waals surface area contributed by atoms with E-state index in [-0.39, 0.29) is 0 Å². The second-order valence-electron chi connectivity index (χ2n) is 8.50. The molecule has 0 saturated carbocycles. The van der Waals surface area contributed by atoms with Crippen molar-refractivity contribution in [1.82, 2.24) is 0 Å². The largest absolute Gasteiger partial charge is 0.494 e. The summed E-state index contributed by atoms with van der Waals surface area (Å²) >= 11 is 4.25. The zero-order valence-corrected chi connectivity index (χ0v) is 21.3. The van der Waals surface area contributed by atoms with E-state index in [1.807, 2.05) is 48.5 Å². The van der Waals surface area contributed by atoms with Crippen LogP contribution in [-0.2, 0) is 0 Å². The lowest BCUT2D eigenvalue weighted by molar-refractivity contribution is 0.304. The van der Waals surface area contributed by atoms with Crippen molar-refractivity contribution in [3.63, 3.8) is 0 Å². The predicted molar refractivity (Wildman–Crippen MR) is 143 cm³/mol. The van der Waals surface area contributed by atoms with Crippen molar-refractivity contribution in [1.29, 1.82) is 0 Å². The molecule has 0 saturated heterocycles. The molecule has 2 aromatic rings. The summed E-state index contributed by atoms with van der Waals surface area (Å²) in [5, 5.41) is 8.64. The van der Waals surface area contributed by atoms with E-state index in [9.17, 15) is 0 Å². The maximum atomic E-state index is 5.86. The van der Waals surface area contributed by atoms with Gasteiger partial charge in [0.1, 0.15) is 11.5 Å². The lowest BCUT2D eigenvalue weighted by Crippen LogP contribution is -1.96. The highest BCUT2D eigenvalue weighted by Gasteiger charge is 1.98. The number of thiol groups is 1. The van der Waals surface area contributed by atoms with Crippen LogP contribution in [0.1, 0.15) is 84.0 Å². The zero-order chi connectivity index (χ0) is 23.4. The first-order valence-electron chi connectivity index (χ1n) is 12.8. The number of rotatable bonds is 19.